The Morgan fingerprint density at radius 3 is 2.82 bits per heavy atom. The lowest BCUT2D eigenvalue weighted by atomic mass is 10.1. The van der Waals surface area contributed by atoms with Gasteiger partial charge in [-0.3, -0.25) is 0 Å². The predicted molar refractivity (Wildman–Crippen MR) is 67.5 cm³/mol. The van der Waals surface area contributed by atoms with E-state index in [1.165, 1.54) is 11.1 Å². The van der Waals surface area contributed by atoms with Crippen LogP contribution in [0.1, 0.15) is 16.8 Å². The Labute approximate surface area is 100 Å². The zero-order chi connectivity index (χ0) is 11.8. The maximum absolute atomic E-state index is 5.79. The Hall–Kier alpha value is -2.10. The molecule has 2 heterocycles. The van der Waals surface area contributed by atoms with Gasteiger partial charge in [-0.15, -0.1) is 0 Å². The van der Waals surface area contributed by atoms with E-state index in [2.05, 4.69) is 20.9 Å². The lowest BCUT2D eigenvalue weighted by Crippen LogP contribution is -2.17. The van der Waals surface area contributed by atoms with Gasteiger partial charge in [0.1, 0.15) is 0 Å². The molecule has 1 aromatic carbocycles. The predicted octanol–water partition coefficient (Wildman–Crippen LogP) is 1.89. The molecule has 1 aliphatic heterocycles. The number of benzene rings is 1. The molecule has 0 bridgehead atoms. The molecule has 2 aromatic rings. The zero-order valence-electron chi connectivity index (χ0n) is 9.72. The van der Waals surface area contributed by atoms with Crippen LogP contribution in [0, 0.1) is 6.92 Å². The molecule has 0 aliphatic carbocycles. The molecule has 3 rings (SSSR count). The van der Waals surface area contributed by atoms with Crippen LogP contribution in [0.15, 0.2) is 30.5 Å². The third-order valence-corrected chi connectivity index (χ3v) is 3.02. The quantitative estimate of drug-likeness (QED) is 0.754. The SMILES string of the molecule is Cc1ccnc(N2Cc3ccc(N)cc3C2)n1. The standard InChI is InChI=1S/C13H14N4/c1-9-4-5-15-13(16-9)17-7-10-2-3-12(14)6-11(10)8-17/h2-6H,7-8,14H2,1H3. The molecule has 2 N–H and O–H groups in total. The summed E-state index contributed by atoms with van der Waals surface area (Å²) in [5.41, 5.74) is 10.2. The van der Waals surface area contributed by atoms with Crippen LogP contribution < -0.4 is 10.6 Å². The first-order chi connectivity index (χ1) is 8.22. The number of rotatable bonds is 1. The van der Waals surface area contributed by atoms with Gasteiger partial charge in [0.05, 0.1) is 0 Å². The van der Waals surface area contributed by atoms with Crippen molar-refractivity contribution in [1.82, 2.24) is 9.97 Å². The molecule has 0 atom stereocenters. The van der Waals surface area contributed by atoms with Crippen molar-refractivity contribution >= 4 is 11.6 Å². The summed E-state index contributed by atoms with van der Waals surface area (Å²) >= 11 is 0. The first-order valence-corrected chi connectivity index (χ1v) is 5.64. The van der Waals surface area contributed by atoms with Gasteiger partial charge < -0.3 is 10.6 Å². The Morgan fingerprint density at radius 1 is 1.18 bits per heavy atom. The molecule has 1 aromatic heterocycles. The number of nitrogens with two attached hydrogens (primary N) is 1. The van der Waals surface area contributed by atoms with Crippen LogP contribution in [0.2, 0.25) is 0 Å². The summed E-state index contributed by atoms with van der Waals surface area (Å²) in [7, 11) is 0. The van der Waals surface area contributed by atoms with E-state index in [-0.39, 0.29) is 0 Å². The van der Waals surface area contributed by atoms with E-state index in [1.807, 2.05) is 25.1 Å². The third kappa shape index (κ3) is 1.82. The molecule has 4 heteroatoms. The number of aromatic nitrogens is 2. The highest BCUT2D eigenvalue weighted by Crippen LogP contribution is 2.27. The molecule has 0 radical (unpaired) electrons. The summed E-state index contributed by atoms with van der Waals surface area (Å²) in [6.07, 6.45) is 1.80. The summed E-state index contributed by atoms with van der Waals surface area (Å²) in [5.74, 6) is 0.791. The molecule has 0 unspecified atom stereocenters. The van der Waals surface area contributed by atoms with Crippen molar-refractivity contribution in [2.75, 3.05) is 10.6 Å². The Kier molecular flexibility index (Phi) is 2.21. The van der Waals surface area contributed by atoms with Crippen molar-refractivity contribution < 1.29 is 0 Å². The van der Waals surface area contributed by atoms with Crippen LogP contribution in [-0.2, 0) is 13.1 Å². The second-order valence-corrected chi connectivity index (χ2v) is 4.38. The van der Waals surface area contributed by atoms with E-state index >= 15 is 0 Å². The molecular weight excluding hydrogens is 212 g/mol. The first kappa shape index (κ1) is 10.1. The van der Waals surface area contributed by atoms with Crippen LogP contribution in [0.3, 0.4) is 0 Å². The first-order valence-electron chi connectivity index (χ1n) is 5.64. The highest BCUT2D eigenvalue weighted by atomic mass is 15.3. The van der Waals surface area contributed by atoms with Crippen molar-refractivity contribution in [1.29, 1.82) is 0 Å². The van der Waals surface area contributed by atoms with E-state index in [4.69, 9.17) is 5.73 Å². The number of fused-ring (bicyclic) bond motifs is 1. The lowest BCUT2D eigenvalue weighted by molar-refractivity contribution is 0.822. The summed E-state index contributed by atoms with van der Waals surface area (Å²) in [5, 5.41) is 0. The minimum Gasteiger partial charge on any atom is -0.399 e. The van der Waals surface area contributed by atoms with Crippen LogP contribution in [0.4, 0.5) is 11.6 Å². The molecule has 0 amide bonds. The van der Waals surface area contributed by atoms with Crippen LogP contribution in [0.25, 0.3) is 0 Å². The van der Waals surface area contributed by atoms with Gasteiger partial charge in [-0.1, -0.05) is 6.07 Å². The number of nitrogen functional groups attached to an aromatic ring is 1. The normalized spacial score (nSPS) is 13.8. The molecule has 4 nitrogen and oxygen atoms in total. The van der Waals surface area contributed by atoms with Gasteiger partial charge in [-0.05, 0) is 36.2 Å². The lowest BCUT2D eigenvalue weighted by Gasteiger charge is -2.14. The molecule has 0 spiro atoms. The highest BCUT2D eigenvalue weighted by molar-refractivity contribution is 5.50. The Morgan fingerprint density at radius 2 is 2.00 bits per heavy atom. The second-order valence-electron chi connectivity index (χ2n) is 4.38. The maximum atomic E-state index is 5.79. The summed E-state index contributed by atoms with van der Waals surface area (Å²) < 4.78 is 0. The highest BCUT2D eigenvalue weighted by Gasteiger charge is 2.20. The van der Waals surface area contributed by atoms with Gasteiger partial charge in [-0.2, -0.15) is 0 Å². The number of hydrogen-bond donors (Lipinski definition) is 1. The molecule has 86 valence electrons. The number of hydrogen-bond acceptors (Lipinski definition) is 4. The minimum absolute atomic E-state index is 0.791. The van der Waals surface area contributed by atoms with Crippen molar-refractivity contribution in [3.05, 3.63) is 47.3 Å². The molecule has 0 fully saturated rings. The van der Waals surface area contributed by atoms with Gasteiger partial charge in [-0.25, -0.2) is 9.97 Å². The van der Waals surface area contributed by atoms with E-state index in [9.17, 15) is 0 Å². The van der Waals surface area contributed by atoms with Crippen LogP contribution >= 0.6 is 0 Å². The smallest absolute Gasteiger partial charge is 0.226 e. The van der Waals surface area contributed by atoms with Gasteiger partial charge in [0, 0.05) is 30.7 Å². The minimum atomic E-state index is 0.791. The summed E-state index contributed by atoms with van der Waals surface area (Å²) in [6, 6.07) is 7.97. The molecule has 0 saturated carbocycles. The van der Waals surface area contributed by atoms with Crippen LogP contribution in [-0.4, -0.2) is 9.97 Å². The number of aryl methyl sites for hydroxylation is 1. The largest absolute Gasteiger partial charge is 0.399 e. The molecule has 0 saturated heterocycles. The van der Waals surface area contributed by atoms with Gasteiger partial charge in [0.25, 0.3) is 0 Å². The van der Waals surface area contributed by atoms with Gasteiger partial charge >= 0.3 is 0 Å². The monoisotopic (exact) mass is 226 g/mol. The molecule has 1 aliphatic rings. The summed E-state index contributed by atoms with van der Waals surface area (Å²) in [6.45, 7) is 3.68. The maximum Gasteiger partial charge on any atom is 0.226 e. The fraction of sp³-hybridized carbons (Fsp3) is 0.231. The number of nitrogens with zero attached hydrogens (tertiary/aromatic N) is 3. The van der Waals surface area contributed by atoms with Crippen LogP contribution in [0.5, 0.6) is 0 Å². The van der Waals surface area contributed by atoms with Crippen molar-refractivity contribution in [2.24, 2.45) is 0 Å². The van der Waals surface area contributed by atoms with E-state index in [0.717, 1.165) is 30.4 Å². The average Bonchev–Trinajstić information content (AvgIpc) is 2.72. The van der Waals surface area contributed by atoms with Gasteiger partial charge in [0.2, 0.25) is 5.95 Å². The van der Waals surface area contributed by atoms with Crippen molar-refractivity contribution in [2.45, 2.75) is 20.0 Å². The van der Waals surface area contributed by atoms with E-state index < -0.39 is 0 Å². The zero-order valence-corrected chi connectivity index (χ0v) is 9.72. The molecular formula is C13H14N4. The summed E-state index contributed by atoms with van der Waals surface area (Å²) in [4.78, 5) is 10.9. The number of anilines is 2. The average molecular weight is 226 g/mol. The fourth-order valence-corrected chi connectivity index (χ4v) is 2.14. The van der Waals surface area contributed by atoms with E-state index in [1.54, 1.807) is 6.20 Å². The Balaban J connectivity index is 1.91. The van der Waals surface area contributed by atoms with E-state index in [0.29, 0.717) is 0 Å². The van der Waals surface area contributed by atoms with Crippen molar-refractivity contribution in [3.63, 3.8) is 0 Å². The Bertz CT molecular complexity index is 565. The fourth-order valence-electron chi connectivity index (χ4n) is 2.14. The third-order valence-electron chi connectivity index (χ3n) is 3.02. The van der Waals surface area contributed by atoms with Gasteiger partial charge in [0.15, 0.2) is 0 Å². The molecule has 17 heavy (non-hydrogen) atoms. The second kappa shape index (κ2) is 3.73. The van der Waals surface area contributed by atoms with Crippen molar-refractivity contribution in [3.8, 4) is 0 Å². The topological polar surface area (TPSA) is 55.0 Å².